The van der Waals surface area contributed by atoms with Crippen LogP contribution in [0.3, 0.4) is 0 Å². The predicted molar refractivity (Wildman–Crippen MR) is 149 cm³/mol. The summed E-state index contributed by atoms with van der Waals surface area (Å²) in [5, 5.41) is 0.381. The highest BCUT2D eigenvalue weighted by atomic mass is 35.5. The standard InChI is InChI=1S/C27H30ClN3O4S2/c1-30-23(17-9-5-3-6-10-17)16-31(18-11-7-4-8-12-18)22-14-20(28)19(13-25(22)37(30,33)34)24-15-21(29)26(36-24)27(32)35-2/h4,7-8,11-15,17,23H,3,5-6,9-10,16,29H2,1-2H3/t23-/m0/s1. The van der Waals surface area contributed by atoms with Gasteiger partial charge in [-0.2, -0.15) is 4.31 Å². The summed E-state index contributed by atoms with van der Waals surface area (Å²) >= 11 is 7.94. The lowest BCUT2D eigenvalue weighted by Crippen LogP contribution is -2.46. The first-order valence-corrected chi connectivity index (χ1v) is 15.0. The third-order valence-corrected chi connectivity index (χ3v) is 10.9. The van der Waals surface area contributed by atoms with E-state index in [9.17, 15) is 13.2 Å². The number of halogens is 1. The molecule has 1 saturated carbocycles. The molecule has 2 aliphatic rings. The van der Waals surface area contributed by atoms with Crippen molar-refractivity contribution in [2.75, 3.05) is 31.3 Å². The molecule has 1 aromatic heterocycles. The molecule has 0 spiro atoms. The van der Waals surface area contributed by atoms with Crippen molar-refractivity contribution in [1.82, 2.24) is 4.31 Å². The van der Waals surface area contributed by atoms with E-state index in [1.165, 1.54) is 13.5 Å². The highest BCUT2D eigenvalue weighted by molar-refractivity contribution is 7.89. The number of benzene rings is 2. The van der Waals surface area contributed by atoms with Gasteiger partial charge in [0.2, 0.25) is 10.0 Å². The van der Waals surface area contributed by atoms with Crippen molar-refractivity contribution >= 4 is 56.0 Å². The van der Waals surface area contributed by atoms with E-state index in [0.717, 1.165) is 42.7 Å². The van der Waals surface area contributed by atoms with Crippen LogP contribution in [0.5, 0.6) is 0 Å². The average Bonchev–Trinajstić information content (AvgIpc) is 3.27. The lowest BCUT2D eigenvalue weighted by atomic mass is 9.83. The van der Waals surface area contributed by atoms with Crippen LogP contribution in [0.25, 0.3) is 10.4 Å². The van der Waals surface area contributed by atoms with Crippen LogP contribution in [0.2, 0.25) is 5.02 Å². The zero-order chi connectivity index (χ0) is 26.3. The Kier molecular flexibility index (Phi) is 7.24. The van der Waals surface area contributed by atoms with Crippen molar-refractivity contribution in [2.45, 2.75) is 43.0 Å². The van der Waals surface area contributed by atoms with E-state index < -0.39 is 16.0 Å². The van der Waals surface area contributed by atoms with E-state index in [2.05, 4.69) is 4.90 Å². The van der Waals surface area contributed by atoms with Crippen LogP contribution in [-0.4, -0.2) is 45.4 Å². The first-order valence-electron chi connectivity index (χ1n) is 12.3. The summed E-state index contributed by atoms with van der Waals surface area (Å²) in [6.07, 6.45) is 5.46. The maximum Gasteiger partial charge on any atom is 0.350 e. The quantitative estimate of drug-likeness (QED) is 0.385. The number of fused-ring (bicyclic) bond motifs is 1. The average molecular weight is 560 g/mol. The van der Waals surface area contributed by atoms with Gasteiger partial charge in [0.05, 0.1) is 23.5 Å². The number of nitrogens with two attached hydrogens (primary N) is 1. The van der Waals surface area contributed by atoms with Crippen LogP contribution < -0.4 is 10.6 Å². The number of carbonyl (C=O) groups is 1. The summed E-state index contributed by atoms with van der Waals surface area (Å²) in [7, 11) is -0.868. The van der Waals surface area contributed by atoms with E-state index in [1.54, 1.807) is 29.6 Å². The van der Waals surface area contributed by atoms with Crippen molar-refractivity contribution in [1.29, 1.82) is 0 Å². The Hall–Kier alpha value is -2.59. The summed E-state index contributed by atoms with van der Waals surface area (Å²) in [5.41, 5.74) is 8.30. The van der Waals surface area contributed by atoms with Crippen molar-refractivity contribution in [3.8, 4) is 10.4 Å². The molecular weight excluding hydrogens is 530 g/mol. The van der Waals surface area contributed by atoms with Crippen molar-refractivity contribution in [3.05, 3.63) is 58.4 Å². The topological polar surface area (TPSA) is 92.9 Å². The number of methoxy groups -OCH3 is 1. The number of hydrogen-bond donors (Lipinski definition) is 1. The molecule has 3 aromatic rings. The van der Waals surface area contributed by atoms with Gasteiger partial charge < -0.3 is 15.4 Å². The van der Waals surface area contributed by atoms with Crippen LogP contribution in [0.4, 0.5) is 17.1 Å². The molecule has 0 unspecified atom stereocenters. The number of nitrogen functional groups attached to an aromatic ring is 1. The minimum Gasteiger partial charge on any atom is -0.465 e. The van der Waals surface area contributed by atoms with Gasteiger partial charge >= 0.3 is 5.97 Å². The molecule has 0 amide bonds. The highest BCUT2D eigenvalue weighted by Gasteiger charge is 2.41. The van der Waals surface area contributed by atoms with Gasteiger partial charge in [-0.3, -0.25) is 0 Å². The minimum absolute atomic E-state index is 0.177. The fourth-order valence-corrected chi connectivity index (χ4v) is 8.44. The van der Waals surface area contributed by atoms with Gasteiger partial charge in [-0.15, -0.1) is 11.3 Å². The molecule has 0 saturated heterocycles. The second-order valence-corrected chi connectivity index (χ2v) is 13.0. The monoisotopic (exact) mass is 559 g/mol. The Morgan fingerprint density at radius 3 is 2.49 bits per heavy atom. The van der Waals surface area contributed by atoms with Crippen LogP contribution in [0, 0.1) is 5.92 Å². The third kappa shape index (κ3) is 4.74. The molecule has 2 heterocycles. The smallest absolute Gasteiger partial charge is 0.350 e. The molecule has 2 aromatic carbocycles. The fraction of sp³-hybridized carbons (Fsp3) is 0.370. The summed E-state index contributed by atoms with van der Waals surface area (Å²) < 4.78 is 34.7. The van der Waals surface area contributed by atoms with E-state index in [0.29, 0.717) is 27.7 Å². The second kappa shape index (κ2) is 10.3. The zero-order valence-corrected chi connectivity index (χ0v) is 23.2. The second-order valence-electron chi connectivity index (χ2n) is 9.62. The number of para-hydroxylation sites is 1. The normalized spacial score (nSPS) is 20.3. The first kappa shape index (κ1) is 26.0. The van der Waals surface area contributed by atoms with E-state index in [4.69, 9.17) is 22.1 Å². The fourth-order valence-electron chi connectivity index (χ4n) is 5.49. The number of thiophene rings is 1. The number of esters is 1. The van der Waals surface area contributed by atoms with Gasteiger partial charge in [0.1, 0.15) is 9.77 Å². The van der Waals surface area contributed by atoms with Gasteiger partial charge in [0, 0.05) is 35.8 Å². The lowest BCUT2D eigenvalue weighted by Gasteiger charge is -2.36. The molecular formula is C27H30ClN3O4S2. The van der Waals surface area contributed by atoms with Crippen LogP contribution >= 0.6 is 22.9 Å². The Morgan fingerprint density at radius 2 is 1.81 bits per heavy atom. The number of rotatable bonds is 4. The van der Waals surface area contributed by atoms with E-state index in [-0.39, 0.29) is 27.4 Å². The number of carbonyl (C=O) groups excluding carboxylic acids is 1. The maximum absolute atomic E-state index is 14.1. The number of nitrogens with zero attached hydrogens (tertiary/aromatic N) is 2. The Bertz CT molecular complexity index is 1420. The number of anilines is 3. The SMILES string of the molecule is COC(=O)c1sc(-c2cc3c(cc2Cl)N(c2ccccc2)C[C@@H](C2CCCCC2)N(C)S3(=O)=O)cc1N. The molecule has 0 radical (unpaired) electrons. The van der Waals surface area contributed by atoms with Crippen molar-refractivity contribution in [3.63, 3.8) is 0 Å². The highest BCUT2D eigenvalue weighted by Crippen LogP contribution is 2.46. The molecule has 10 heteroatoms. The van der Waals surface area contributed by atoms with E-state index >= 15 is 0 Å². The summed E-state index contributed by atoms with van der Waals surface area (Å²) in [6, 6.07) is 14.6. The predicted octanol–water partition coefficient (Wildman–Crippen LogP) is 6.16. The Morgan fingerprint density at radius 1 is 1.11 bits per heavy atom. The van der Waals surface area contributed by atoms with Gasteiger partial charge in [-0.25, -0.2) is 13.2 Å². The number of hydrogen-bond acceptors (Lipinski definition) is 7. The van der Waals surface area contributed by atoms with Crippen LogP contribution in [0.15, 0.2) is 53.4 Å². The molecule has 196 valence electrons. The van der Waals surface area contributed by atoms with Gasteiger partial charge in [0.15, 0.2) is 0 Å². The van der Waals surface area contributed by atoms with Crippen molar-refractivity contribution < 1.29 is 17.9 Å². The molecule has 1 atom stereocenters. The Labute approximate surface area is 226 Å². The maximum atomic E-state index is 14.1. The lowest BCUT2D eigenvalue weighted by molar-refractivity contribution is 0.0607. The van der Waals surface area contributed by atoms with Gasteiger partial charge in [-0.05, 0) is 49.1 Å². The third-order valence-electron chi connectivity index (χ3n) is 7.49. The first-order chi connectivity index (χ1) is 17.7. The van der Waals surface area contributed by atoms with E-state index in [1.807, 2.05) is 30.3 Å². The molecule has 7 nitrogen and oxygen atoms in total. The molecule has 1 fully saturated rings. The summed E-state index contributed by atoms with van der Waals surface area (Å²) in [6.45, 7) is 0.533. The van der Waals surface area contributed by atoms with Crippen molar-refractivity contribution in [2.24, 2.45) is 5.92 Å². The molecule has 1 aliphatic carbocycles. The molecule has 0 bridgehead atoms. The Balaban J connectivity index is 1.69. The summed E-state index contributed by atoms with van der Waals surface area (Å²) in [5.74, 6) is -0.263. The molecule has 5 rings (SSSR count). The summed E-state index contributed by atoms with van der Waals surface area (Å²) in [4.78, 5) is 15.3. The van der Waals surface area contributed by atoms with Gasteiger partial charge in [0.25, 0.3) is 0 Å². The van der Waals surface area contributed by atoms with Crippen LogP contribution in [-0.2, 0) is 14.8 Å². The molecule has 2 N–H and O–H groups in total. The number of ether oxygens (including phenoxy) is 1. The van der Waals surface area contributed by atoms with Crippen LogP contribution in [0.1, 0.15) is 41.8 Å². The number of likely N-dealkylation sites (N-methyl/N-ethyl adjacent to an activating group) is 1. The minimum atomic E-state index is -3.85. The largest absolute Gasteiger partial charge is 0.465 e. The molecule has 1 aliphatic heterocycles. The van der Waals surface area contributed by atoms with Gasteiger partial charge in [-0.1, -0.05) is 49.1 Å². The zero-order valence-electron chi connectivity index (χ0n) is 20.8. The number of sulfonamides is 1. The molecule has 37 heavy (non-hydrogen) atoms.